The van der Waals surface area contributed by atoms with Crippen LogP contribution >= 0.6 is 0 Å². The summed E-state index contributed by atoms with van der Waals surface area (Å²) in [7, 11) is -2.65. The van der Waals surface area contributed by atoms with Crippen molar-refractivity contribution in [2.24, 2.45) is 5.73 Å². The largest absolute Gasteiger partial charge is 0.465 e. The molecule has 0 bridgehead atoms. The monoisotopic (exact) mass is 253 g/mol. The molecule has 1 aromatic rings. The van der Waals surface area contributed by atoms with E-state index in [1.807, 2.05) is 0 Å². The number of methoxy groups -OCH3 is 1. The molecule has 2 rings (SSSR count). The molecule has 0 aliphatic carbocycles. The van der Waals surface area contributed by atoms with E-state index in [1.165, 1.54) is 6.08 Å². The van der Waals surface area contributed by atoms with Crippen LogP contribution in [-0.2, 0) is 25.9 Å². The SMILES string of the molecule is COC(=O)C1=Cc2cccc(CN)c2S1(=O)=O. The Hall–Kier alpha value is -1.66. The highest BCUT2D eigenvalue weighted by atomic mass is 32.2. The molecule has 0 unspecified atom stereocenters. The molecule has 0 atom stereocenters. The van der Waals surface area contributed by atoms with Gasteiger partial charge in [0.1, 0.15) is 0 Å². The van der Waals surface area contributed by atoms with Crippen LogP contribution in [0.1, 0.15) is 11.1 Å². The van der Waals surface area contributed by atoms with E-state index in [-0.39, 0.29) is 16.3 Å². The van der Waals surface area contributed by atoms with Crippen molar-refractivity contribution in [2.45, 2.75) is 11.4 Å². The summed E-state index contributed by atoms with van der Waals surface area (Å²) in [6, 6.07) is 4.96. The molecule has 1 heterocycles. The van der Waals surface area contributed by atoms with E-state index < -0.39 is 15.8 Å². The maximum absolute atomic E-state index is 12.1. The van der Waals surface area contributed by atoms with Crippen LogP contribution in [-0.4, -0.2) is 21.5 Å². The Kier molecular flexibility index (Phi) is 2.76. The molecule has 6 heteroatoms. The summed E-state index contributed by atoms with van der Waals surface area (Å²) < 4.78 is 28.7. The van der Waals surface area contributed by atoms with E-state index >= 15 is 0 Å². The maximum atomic E-state index is 12.1. The second kappa shape index (κ2) is 3.97. The van der Waals surface area contributed by atoms with Crippen molar-refractivity contribution in [3.63, 3.8) is 0 Å². The molecule has 17 heavy (non-hydrogen) atoms. The summed E-state index contributed by atoms with van der Waals surface area (Å²) in [5.41, 5.74) is 6.47. The Bertz CT molecular complexity index is 616. The van der Waals surface area contributed by atoms with Gasteiger partial charge in [-0.05, 0) is 17.2 Å². The minimum absolute atomic E-state index is 0.102. The topological polar surface area (TPSA) is 86.5 Å². The minimum Gasteiger partial charge on any atom is -0.465 e. The molecule has 0 fully saturated rings. The van der Waals surface area contributed by atoms with Gasteiger partial charge in [0.25, 0.3) is 0 Å². The summed E-state index contributed by atoms with van der Waals surface area (Å²) >= 11 is 0. The van der Waals surface area contributed by atoms with Gasteiger partial charge in [-0.15, -0.1) is 0 Å². The van der Waals surface area contributed by atoms with Gasteiger partial charge in [0.2, 0.25) is 9.84 Å². The number of fused-ring (bicyclic) bond motifs is 1. The number of hydrogen-bond acceptors (Lipinski definition) is 5. The summed E-state index contributed by atoms with van der Waals surface area (Å²) in [6.45, 7) is 0.102. The highest BCUT2D eigenvalue weighted by molar-refractivity contribution is 7.96. The molecule has 0 amide bonds. The van der Waals surface area contributed by atoms with Crippen LogP contribution in [0.4, 0.5) is 0 Å². The zero-order valence-electron chi connectivity index (χ0n) is 9.14. The Morgan fingerprint density at radius 3 is 2.71 bits per heavy atom. The number of rotatable bonds is 2. The van der Waals surface area contributed by atoms with Gasteiger partial charge in [0.05, 0.1) is 12.0 Å². The first-order valence-corrected chi connectivity index (χ1v) is 6.37. The van der Waals surface area contributed by atoms with Gasteiger partial charge in [-0.3, -0.25) is 0 Å². The summed E-state index contributed by atoms with van der Waals surface area (Å²) in [5.74, 6) is -0.857. The van der Waals surface area contributed by atoms with Gasteiger partial charge in [-0.25, -0.2) is 13.2 Å². The van der Waals surface area contributed by atoms with Gasteiger partial charge in [0, 0.05) is 6.54 Å². The molecule has 0 spiro atoms. The lowest BCUT2D eigenvalue weighted by molar-refractivity contribution is -0.135. The van der Waals surface area contributed by atoms with Crippen molar-refractivity contribution in [3.8, 4) is 0 Å². The molecule has 0 aromatic heterocycles. The number of carbonyl (C=O) groups is 1. The normalized spacial score (nSPS) is 16.2. The van der Waals surface area contributed by atoms with Crippen LogP contribution in [0.2, 0.25) is 0 Å². The standard InChI is InChI=1S/C11H11NO4S/c1-16-11(13)9-5-7-3-2-4-8(6-12)10(7)17(9,14)15/h2-5H,6,12H2,1H3. The zero-order chi connectivity index (χ0) is 12.6. The van der Waals surface area contributed by atoms with Crippen molar-refractivity contribution in [2.75, 3.05) is 7.11 Å². The van der Waals surface area contributed by atoms with Crippen LogP contribution < -0.4 is 5.73 Å². The summed E-state index contributed by atoms with van der Waals surface area (Å²) in [5, 5.41) is 0. The van der Waals surface area contributed by atoms with Gasteiger partial charge >= 0.3 is 5.97 Å². The van der Waals surface area contributed by atoms with E-state index in [2.05, 4.69) is 4.74 Å². The molecule has 1 aliphatic rings. The van der Waals surface area contributed by atoms with Gasteiger partial charge in [0.15, 0.2) is 4.91 Å². The summed E-state index contributed by atoms with van der Waals surface area (Å²) in [6.07, 6.45) is 1.32. The summed E-state index contributed by atoms with van der Waals surface area (Å²) in [4.78, 5) is 11.2. The van der Waals surface area contributed by atoms with Crippen LogP contribution in [0.15, 0.2) is 28.0 Å². The molecule has 0 saturated heterocycles. The fraction of sp³-hybridized carbons (Fsp3) is 0.182. The lowest BCUT2D eigenvalue weighted by Gasteiger charge is -2.06. The Balaban J connectivity index is 2.68. The van der Waals surface area contributed by atoms with Crippen LogP contribution in [0, 0.1) is 0 Å². The third kappa shape index (κ3) is 1.65. The second-order valence-corrected chi connectivity index (χ2v) is 5.40. The van der Waals surface area contributed by atoms with Gasteiger partial charge in [-0.1, -0.05) is 18.2 Å². The third-order valence-corrected chi connectivity index (χ3v) is 4.48. The number of esters is 1. The maximum Gasteiger partial charge on any atom is 0.349 e. The van der Waals surface area contributed by atoms with Crippen LogP contribution in [0.25, 0.3) is 6.08 Å². The quantitative estimate of drug-likeness (QED) is 0.773. The molecule has 5 nitrogen and oxygen atoms in total. The van der Waals surface area contributed by atoms with Gasteiger partial charge < -0.3 is 10.5 Å². The van der Waals surface area contributed by atoms with E-state index in [0.29, 0.717) is 11.1 Å². The fourth-order valence-electron chi connectivity index (χ4n) is 1.80. The van der Waals surface area contributed by atoms with Crippen LogP contribution in [0.3, 0.4) is 0 Å². The number of carbonyl (C=O) groups excluding carboxylic acids is 1. The van der Waals surface area contributed by atoms with Crippen LogP contribution in [0.5, 0.6) is 0 Å². The first kappa shape index (κ1) is 11.8. The third-order valence-electron chi connectivity index (χ3n) is 2.58. The molecule has 0 saturated carbocycles. The Morgan fingerprint density at radius 2 is 2.12 bits per heavy atom. The van der Waals surface area contributed by atoms with E-state index in [1.54, 1.807) is 18.2 Å². The average Bonchev–Trinajstić information content (AvgIpc) is 2.60. The lowest BCUT2D eigenvalue weighted by atomic mass is 10.1. The molecule has 0 radical (unpaired) electrons. The molecular formula is C11H11NO4S. The predicted octanol–water partition coefficient (Wildman–Crippen LogP) is 0.447. The number of hydrogen-bond donors (Lipinski definition) is 1. The van der Waals surface area contributed by atoms with Crippen molar-refractivity contribution in [1.82, 2.24) is 0 Å². The number of sulfone groups is 1. The average molecular weight is 253 g/mol. The zero-order valence-corrected chi connectivity index (χ0v) is 9.95. The molecule has 1 aromatic carbocycles. The number of benzene rings is 1. The fourth-order valence-corrected chi connectivity index (χ4v) is 3.54. The first-order valence-electron chi connectivity index (χ1n) is 4.89. The molecule has 1 aliphatic heterocycles. The molecule has 90 valence electrons. The van der Waals surface area contributed by atoms with E-state index in [9.17, 15) is 13.2 Å². The molecular weight excluding hydrogens is 242 g/mol. The van der Waals surface area contributed by atoms with Crippen molar-refractivity contribution >= 4 is 21.9 Å². The van der Waals surface area contributed by atoms with Gasteiger partial charge in [-0.2, -0.15) is 0 Å². The molecule has 2 N–H and O–H groups in total. The minimum atomic E-state index is -3.79. The number of ether oxygens (including phenoxy) is 1. The van der Waals surface area contributed by atoms with Crippen molar-refractivity contribution in [3.05, 3.63) is 34.2 Å². The highest BCUT2D eigenvalue weighted by Crippen LogP contribution is 2.35. The highest BCUT2D eigenvalue weighted by Gasteiger charge is 2.36. The number of nitrogens with two attached hydrogens (primary N) is 1. The second-order valence-electron chi connectivity index (χ2n) is 3.54. The van der Waals surface area contributed by atoms with Crippen molar-refractivity contribution < 1.29 is 17.9 Å². The lowest BCUT2D eigenvalue weighted by Crippen LogP contribution is -2.14. The van der Waals surface area contributed by atoms with E-state index in [4.69, 9.17) is 5.73 Å². The predicted molar refractivity (Wildman–Crippen MR) is 61.5 cm³/mol. The first-order chi connectivity index (χ1) is 8.02. The van der Waals surface area contributed by atoms with Crippen molar-refractivity contribution in [1.29, 1.82) is 0 Å². The Labute approximate surface area is 98.8 Å². The van der Waals surface area contributed by atoms with E-state index in [0.717, 1.165) is 7.11 Å². The smallest absolute Gasteiger partial charge is 0.349 e. The Morgan fingerprint density at radius 1 is 1.41 bits per heavy atom.